The number of ether oxygens (including phenoxy) is 3. The summed E-state index contributed by atoms with van der Waals surface area (Å²) in [4.78, 5) is 0. The number of hydrogen-bond donors (Lipinski definition) is 3. The lowest BCUT2D eigenvalue weighted by Gasteiger charge is -2.42. The number of aliphatic hydroxyl groups is 3. The lowest BCUT2D eigenvalue weighted by Crippen LogP contribution is -2.59. The number of benzene rings is 2. The van der Waals surface area contributed by atoms with Crippen molar-refractivity contribution in [2.75, 3.05) is 13.2 Å². The summed E-state index contributed by atoms with van der Waals surface area (Å²) in [5.74, 6) is 0. The van der Waals surface area contributed by atoms with E-state index in [-0.39, 0.29) is 19.8 Å². The topological polar surface area (TPSA) is 88.4 Å². The molecule has 0 spiro atoms. The first-order chi connectivity index (χ1) is 13.7. The summed E-state index contributed by atoms with van der Waals surface area (Å²) in [7, 11) is 0. The first-order valence-electron chi connectivity index (χ1n) is 9.58. The van der Waals surface area contributed by atoms with Crippen LogP contribution in [-0.2, 0) is 27.4 Å². The van der Waals surface area contributed by atoms with E-state index in [1.165, 1.54) is 0 Å². The van der Waals surface area contributed by atoms with E-state index >= 15 is 0 Å². The molecule has 0 aromatic heterocycles. The zero-order valence-corrected chi connectivity index (χ0v) is 15.8. The summed E-state index contributed by atoms with van der Waals surface area (Å²) < 4.78 is 17.5. The molecule has 0 saturated carbocycles. The van der Waals surface area contributed by atoms with E-state index in [4.69, 9.17) is 14.2 Å². The normalized spacial score (nSPS) is 27.6. The zero-order valence-electron chi connectivity index (χ0n) is 15.8. The highest BCUT2D eigenvalue weighted by Gasteiger charge is 2.44. The van der Waals surface area contributed by atoms with Gasteiger partial charge in [-0.05, 0) is 17.5 Å². The summed E-state index contributed by atoms with van der Waals surface area (Å²) in [6.07, 6.45) is -3.90. The van der Waals surface area contributed by atoms with Crippen LogP contribution in [0.5, 0.6) is 0 Å². The Hall–Kier alpha value is -1.80. The molecule has 152 valence electrons. The van der Waals surface area contributed by atoms with Crippen LogP contribution < -0.4 is 0 Å². The van der Waals surface area contributed by atoms with Crippen LogP contribution in [0.3, 0.4) is 0 Å². The highest BCUT2D eigenvalue weighted by atomic mass is 16.6. The summed E-state index contributed by atoms with van der Waals surface area (Å²) >= 11 is 0. The Morgan fingerprint density at radius 3 is 2.00 bits per heavy atom. The SMILES string of the molecule is OCC[C@@H]1O[C@H](COCc2ccccc2)[C@@H](O)[C@H](O)[C@H]1OCc1ccccc1. The van der Waals surface area contributed by atoms with Crippen LogP contribution in [0.4, 0.5) is 0 Å². The zero-order chi connectivity index (χ0) is 19.8. The molecule has 1 aliphatic rings. The van der Waals surface area contributed by atoms with Gasteiger partial charge in [-0.1, -0.05) is 60.7 Å². The molecule has 2 aromatic rings. The minimum absolute atomic E-state index is 0.101. The lowest BCUT2D eigenvalue weighted by atomic mass is 9.93. The molecule has 3 rings (SSSR count). The minimum Gasteiger partial charge on any atom is -0.396 e. The van der Waals surface area contributed by atoms with Gasteiger partial charge >= 0.3 is 0 Å². The second-order valence-electron chi connectivity index (χ2n) is 6.97. The van der Waals surface area contributed by atoms with Crippen LogP contribution in [0.1, 0.15) is 17.5 Å². The van der Waals surface area contributed by atoms with Crippen LogP contribution in [0.15, 0.2) is 60.7 Å². The average Bonchev–Trinajstić information content (AvgIpc) is 2.73. The maximum absolute atomic E-state index is 10.6. The predicted molar refractivity (Wildman–Crippen MR) is 103 cm³/mol. The molecule has 5 atom stereocenters. The monoisotopic (exact) mass is 388 g/mol. The van der Waals surface area contributed by atoms with Crippen molar-refractivity contribution in [2.24, 2.45) is 0 Å². The van der Waals surface area contributed by atoms with Gasteiger partial charge in [-0.2, -0.15) is 0 Å². The van der Waals surface area contributed by atoms with Crippen molar-refractivity contribution >= 4 is 0 Å². The van der Waals surface area contributed by atoms with Crippen molar-refractivity contribution in [1.29, 1.82) is 0 Å². The first kappa shape index (κ1) is 20.9. The van der Waals surface area contributed by atoms with E-state index < -0.39 is 30.5 Å². The fourth-order valence-electron chi connectivity index (χ4n) is 3.35. The van der Waals surface area contributed by atoms with E-state index in [9.17, 15) is 15.3 Å². The van der Waals surface area contributed by atoms with Crippen LogP contribution in [0.2, 0.25) is 0 Å². The quantitative estimate of drug-likeness (QED) is 0.606. The van der Waals surface area contributed by atoms with Gasteiger partial charge in [0.05, 0.1) is 25.9 Å². The van der Waals surface area contributed by atoms with Crippen molar-refractivity contribution in [2.45, 2.75) is 50.2 Å². The highest BCUT2D eigenvalue weighted by Crippen LogP contribution is 2.27. The van der Waals surface area contributed by atoms with Crippen LogP contribution in [0, 0.1) is 0 Å². The summed E-state index contributed by atoms with van der Waals surface area (Å²) in [5.41, 5.74) is 1.98. The van der Waals surface area contributed by atoms with Crippen molar-refractivity contribution in [3.8, 4) is 0 Å². The van der Waals surface area contributed by atoms with Crippen molar-refractivity contribution in [1.82, 2.24) is 0 Å². The molecule has 0 aliphatic carbocycles. The second kappa shape index (κ2) is 10.7. The molecule has 1 aliphatic heterocycles. The number of aliphatic hydroxyl groups excluding tert-OH is 3. The van der Waals surface area contributed by atoms with Crippen LogP contribution in [0.25, 0.3) is 0 Å². The van der Waals surface area contributed by atoms with E-state index in [2.05, 4.69) is 0 Å². The molecule has 28 heavy (non-hydrogen) atoms. The Bertz CT molecular complexity index is 678. The first-order valence-corrected chi connectivity index (χ1v) is 9.58. The average molecular weight is 388 g/mol. The Labute approximate surface area is 165 Å². The Morgan fingerprint density at radius 1 is 0.786 bits per heavy atom. The summed E-state index contributed by atoms with van der Waals surface area (Å²) in [5, 5.41) is 30.5. The molecule has 3 N–H and O–H groups in total. The third kappa shape index (κ3) is 5.61. The largest absolute Gasteiger partial charge is 0.396 e. The van der Waals surface area contributed by atoms with Crippen molar-refractivity contribution in [3.63, 3.8) is 0 Å². The van der Waals surface area contributed by atoms with Crippen LogP contribution >= 0.6 is 0 Å². The predicted octanol–water partition coefficient (Wildman–Crippen LogP) is 1.66. The molecule has 2 aromatic carbocycles. The number of rotatable bonds is 9. The molecule has 0 unspecified atom stereocenters. The molecule has 1 heterocycles. The van der Waals surface area contributed by atoms with Gasteiger partial charge in [0.1, 0.15) is 24.4 Å². The van der Waals surface area contributed by atoms with Gasteiger partial charge in [0.2, 0.25) is 0 Å². The van der Waals surface area contributed by atoms with Crippen molar-refractivity contribution in [3.05, 3.63) is 71.8 Å². The smallest absolute Gasteiger partial charge is 0.113 e. The third-order valence-electron chi connectivity index (χ3n) is 4.88. The molecule has 0 amide bonds. The van der Waals surface area contributed by atoms with Gasteiger partial charge in [-0.3, -0.25) is 0 Å². The molecular weight excluding hydrogens is 360 g/mol. The van der Waals surface area contributed by atoms with E-state index in [0.29, 0.717) is 13.0 Å². The molecule has 0 bridgehead atoms. The molecular formula is C22H28O6. The maximum atomic E-state index is 10.6. The maximum Gasteiger partial charge on any atom is 0.113 e. The minimum atomic E-state index is -1.13. The van der Waals surface area contributed by atoms with Gasteiger partial charge < -0.3 is 29.5 Å². The van der Waals surface area contributed by atoms with Gasteiger partial charge in [0.25, 0.3) is 0 Å². The molecule has 1 saturated heterocycles. The highest BCUT2D eigenvalue weighted by molar-refractivity contribution is 5.14. The van der Waals surface area contributed by atoms with Gasteiger partial charge in [-0.25, -0.2) is 0 Å². The van der Waals surface area contributed by atoms with Gasteiger partial charge in [0, 0.05) is 6.61 Å². The molecule has 0 radical (unpaired) electrons. The van der Waals surface area contributed by atoms with Crippen molar-refractivity contribution < 1.29 is 29.5 Å². The number of hydrogen-bond acceptors (Lipinski definition) is 6. The Kier molecular flexibility index (Phi) is 7.97. The van der Waals surface area contributed by atoms with Crippen LogP contribution in [-0.4, -0.2) is 59.1 Å². The standard InChI is InChI=1S/C22H28O6/c23-12-11-18-22(27-14-17-9-5-2-6-10-17)21(25)20(24)19(28-18)15-26-13-16-7-3-1-4-8-16/h1-10,18-25H,11-15H2/t18-,19+,20+,21-,22-/m0/s1. The Balaban J connectivity index is 1.57. The summed E-state index contributed by atoms with van der Waals surface area (Å²) in [6.45, 7) is 0.717. The lowest BCUT2D eigenvalue weighted by molar-refractivity contribution is -0.249. The Morgan fingerprint density at radius 2 is 1.39 bits per heavy atom. The fourth-order valence-corrected chi connectivity index (χ4v) is 3.35. The van der Waals surface area contributed by atoms with Gasteiger partial charge in [-0.15, -0.1) is 0 Å². The molecule has 1 fully saturated rings. The third-order valence-corrected chi connectivity index (χ3v) is 4.88. The summed E-state index contributed by atoms with van der Waals surface area (Å²) in [6, 6.07) is 19.3. The fraction of sp³-hybridized carbons (Fsp3) is 0.455. The van der Waals surface area contributed by atoms with E-state index in [1.807, 2.05) is 60.7 Å². The van der Waals surface area contributed by atoms with Gasteiger partial charge in [0.15, 0.2) is 0 Å². The van der Waals surface area contributed by atoms with E-state index in [1.54, 1.807) is 0 Å². The molecule has 6 heteroatoms. The van der Waals surface area contributed by atoms with E-state index in [0.717, 1.165) is 11.1 Å². The second-order valence-corrected chi connectivity index (χ2v) is 6.97. The molecule has 6 nitrogen and oxygen atoms in total.